The predicted molar refractivity (Wildman–Crippen MR) is 66.1 cm³/mol. The Morgan fingerprint density at radius 1 is 1.35 bits per heavy atom. The van der Waals surface area contributed by atoms with Crippen LogP contribution in [0, 0.1) is 6.92 Å². The molecule has 0 aliphatic carbocycles. The lowest BCUT2D eigenvalue weighted by atomic mass is 10.4. The van der Waals surface area contributed by atoms with Crippen molar-refractivity contribution in [3.8, 4) is 0 Å². The molecule has 0 aromatic carbocycles. The van der Waals surface area contributed by atoms with Crippen molar-refractivity contribution in [2.24, 2.45) is 0 Å². The summed E-state index contributed by atoms with van der Waals surface area (Å²) in [7, 11) is -3.64. The summed E-state index contributed by atoms with van der Waals surface area (Å²) in [5.41, 5.74) is 0.719. The molecular weight excluding hydrogens is 308 g/mol. The van der Waals surface area contributed by atoms with Gasteiger partial charge in [-0.1, -0.05) is 0 Å². The Morgan fingerprint density at radius 3 is 2.71 bits per heavy atom. The Hall–Kier alpha value is -1.41. The molecule has 8 heteroatoms. The molecule has 0 aliphatic rings. The monoisotopic (exact) mass is 316 g/mol. The third-order valence-electron chi connectivity index (χ3n) is 2.06. The highest BCUT2D eigenvalue weighted by Crippen LogP contribution is 2.18. The SMILES string of the molecule is Cc1cn[nH]c1NS(=O)(=O)c1cncc(Br)c1. The van der Waals surface area contributed by atoms with Crippen LogP contribution in [0.2, 0.25) is 0 Å². The average Bonchev–Trinajstić information content (AvgIpc) is 2.64. The second kappa shape index (κ2) is 4.46. The van der Waals surface area contributed by atoms with E-state index in [1.807, 2.05) is 0 Å². The lowest BCUT2D eigenvalue weighted by molar-refractivity contribution is 0.600. The summed E-state index contributed by atoms with van der Waals surface area (Å²) in [4.78, 5) is 3.89. The van der Waals surface area contributed by atoms with Crippen molar-refractivity contribution in [3.63, 3.8) is 0 Å². The number of H-pyrrole nitrogens is 1. The number of nitrogens with zero attached hydrogens (tertiary/aromatic N) is 2. The molecular formula is C9H9BrN4O2S. The number of aryl methyl sites for hydroxylation is 1. The van der Waals surface area contributed by atoms with E-state index in [4.69, 9.17) is 0 Å². The van der Waals surface area contributed by atoms with Gasteiger partial charge in [0.25, 0.3) is 10.0 Å². The summed E-state index contributed by atoms with van der Waals surface area (Å²) in [6.07, 6.45) is 4.33. The first kappa shape index (κ1) is 12.1. The lowest BCUT2D eigenvalue weighted by Crippen LogP contribution is -2.14. The summed E-state index contributed by atoms with van der Waals surface area (Å²) >= 11 is 3.17. The van der Waals surface area contributed by atoms with E-state index in [0.29, 0.717) is 10.3 Å². The van der Waals surface area contributed by atoms with E-state index in [1.165, 1.54) is 24.7 Å². The number of sulfonamides is 1. The highest BCUT2D eigenvalue weighted by atomic mass is 79.9. The zero-order chi connectivity index (χ0) is 12.5. The fraction of sp³-hybridized carbons (Fsp3) is 0.111. The quantitative estimate of drug-likeness (QED) is 0.901. The number of aromatic amines is 1. The van der Waals surface area contributed by atoms with E-state index in [1.54, 1.807) is 6.92 Å². The fourth-order valence-corrected chi connectivity index (χ4v) is 2.77. The molecule has 2 aromatic heterocycles. The molecule has 2 N–H and O–H groups in total. The maximum absolute atomic E-state index is 12.0. The van der Waals surface area contributed by atoms with Crippen LogP contribution in [0.1, 0.15) is 5.56 Å². The molecule has 6 nitrogen and oxygen atoms in total. The van der Waals surface area contributed by atoms with Gasteiger partial charge in [0.15, 0.2) is 0 Å². The second-order valence-corrected chi connectivity index (χ2v) is 5.97. The molecule has 0 unspecified atom stereocenters. The van der Waals surface area contributed by atoms with Crippen molar-refractivity contribution in [3.05, 3.63) is 34.7 Å². The molecule has 0 amide bonds. The first-order valence-electron chi connectivity index (χ1n) is 4.62. The molecule has 0 fully saturated rings. The van der Waals surface area contributed by atoms with E-state index in [-0.39, 0.29) is 4.90 Å². The summed E-state index contributed by atoms with van der Waals surface area (Å²) in [6, 6.07) is 1.47. The molecule has 2 heterocycles. The van der Waals surface area contributed by atoms with Crippen LogP contribution in [0.15, 0.2) is 34.0 Å². The van der Waals surface area contributed by atoms with Crippen molar-refractivity contribution >= 4 is 31.8 Å². The topological polar surface area (TPSA) is 87.7 Å². The number of hydrogen-bond acceptors (Lipinski definition) is 4. The van der Waals surface area contributed by atoms with Crippen LogP contribution >= 0.6 is 15.9 Å². The van der Waals surface area contributed by atoms with Gasteiger partial charge in [-0.25, -0.2) is 8.42 Å². The molecule has 0 atom stereocenters. The number of hydrogen-bond donors (Lipinski definition) is 2. The molecule has 17 heavy (non-hydrogen) atoms. The number of pyridine rings is 1. The fourth-order valence-electron chi connectivity index (χ4n) is 1.18. The van der Waals surface area contributed by atoms with Crippen molar-refractivity contribution in [2.45, 2.75) is 11.8 Å². The molecule has 0 saturated heterocycles. The van der Waals surface area contributed by atoms with Crippen LogP contribution in [-0.4, -0.2) is 23.6 Å². The molecule has 0 spiro atoms. The average molecular weight is 317 g/mol. The highest BCUT2D eigenvalue weighted by Gasteiger charge is 2.16. The molecule has 2 rings (SSSR count). The first-order chi connectivity index (χ1) is 7.99. The third kappa shape index (κ3) is 2.64. The van der Waals surface area contributed by atoms with Gasteiger partial charge in [0, 0.05) is 22.4 Å². The third-order valence-corrected chi connectivity index (χ3v) is 3.81. The van der Waals surface area contributed by atoms with Gasteiger partial charge in [-0.3, -0.25) is 14.8 Å². The van der Waals surface area contributed by atoms with Gasteiger partial charge in [-0.05, 0) is 28.9 Å². The van der Waals surface area contributed by atoms with Crippen LogP contribution in [0.4, 0.5) is 5.82 Å². The van der Waals surface area contributed by atoms with Crippen LogP contribution < -0.4 is 4.72 Å². The van der Waals surface area contributed by atoms with E-state index in [2.05, 4.69) is 35.8 Å². The Morgan fingerprint density at radius 2 is 2.12 bits per heavy atom. The Balaban J connectivity index is 2.35. The number of rotatable bonds is 3. The number of nitrogens with one attached hydrogen (secondary N) is 2. The molecule has 0 radical (unpaired) electrons. The minimum absolute atomic E-state index is 0.0841. The van der Waals surface area contributed by atoms with Crippen LogP contribution in [0.5, 0.6) is 0 Å². The van der Waals surface area contributed by atoms with E-state index in [9.17, 15) is 8.42 Å². The highest BCUT2D eigenvalue weighted by molar-refractivity contribution is 9.10. The Labute approximate surface area is 107 Å². The van der Waals surface area contributed by atoms with Crippen molar-refractivity contribution in [1.82, 2.24) is 15.2 Å². The van der Waals surface area contributed by atoms with E-state index >= 15 is 0 Å². The molecule has 0 aliphatic heterocycles. The second-order valence-electron chi connectivity index (χ2n) is 3.37. The zero-order valence-electron chi connectivity index (χ0n) is 8.81. The summed E-state index contributed by atoms with van der Waals surface area (Å²) in [5.74, 6) is 0.352. The maximum atomic E-state index is 12.0. The smallest absolute Gasteiger partial charge is 0.263 e. The largest absolute Gasteiger partial charge is 0.264 e. The van der Waals surface area contributed by atoms with E-state index < -0.39 is 10.0 Å². The number of halogens is 1. The minimum atomic E-state index is -3.64. The molecule has 0 bridgehead atoms. The lowest BCUT2D eigenvalue weighted by Gasteiger charge is -2.06. The van der Waals surface area contributed by atoms with Crippen LogP contribution in [0.25, 0.3) is 0 Å². The zero-order valence-corrected chi connectivity index (χ0v) is 11.2. The molecule has 90 valence electrons. The van der Waals surface area contributed by atoms with Gasteiger partial charge in [-0.15, -0.1) is 0 Å². The maximum Gasteiger partial charge on any atom is 0.264 e. The Kier molecular flexibility index (Phi) is 3.16. The van der Waals surface area contributed by atoms with Gasteiger partial charge < -0.3 is 0 Å². The number of anilines is 1. The standard InChI is InChI=1S/C9H9BrN4O2S/c1-6-3-12-13-9(6)14-17(15,16)8-2-7(10)4-11-5-8/h2-5H,1H3,(H2,12,13,14). The van der Waals surface area contributed by atoms with Gasteiger partial charge in [0.2, 0.25) is 0 Å². The predicted octanol–water partition coefficient (Wildman–Crippen LogP) is 1.68. The molecule has 2 aromatic rings. The summed E-state index contributed by atoms with van der Waals surface area (Å²) in [5, 5.41) is 6.31. The van der Waals surface area contributed by atoms with Crippen LogP contribution in [-0.2, 0) is 10.0 Å². The normalized spacial score (nSPS) is 11.4. The summed E-state index contributed by atoms with van der Waals surface area (Å²) < 4.78 is 27.0. The van der Waals surface area contributed by atoms with Crippen molar-refractivity contribution < 1.29 is 8.42 Å². The van der Waals surface area contributed by atoms with E-state index in [0.717, 1.165) is 5.56 Å². The van der Waals surface area contributed by atoms with Gasteiger partial charge >= 0.3 is 0 Å². The number of aromatic nitrogens is 3. The Bertz CT molecular complexity index is 638. The minimum Gasteiger partial charge on any atom is -0.263 e. The van der Waals surface area contributed by atoms with Gasteiger partial charge in [0.05, 0.1) is 6.20 Å². The van der Waals surface area contributed by atoms with Crippen molar-refractivity contribution in [1.29, 1.82) is 0 Å². The van der Waals surface area contributed by atoms with Crippen LogP contribution in [0.3, 0.4) is 0 Å². The summed E-state index contributed by atoms with van der Waals surface area (Å²) in [6.45, 7) is 1.75. The van der Waals surface area contributed by atoms with Gasteiger partial charge in [0.1, 0.15) is 10.7 Å². The van der Waals surface area contributed by atoms with Gasteiger partial charge in [-0.2, -0.15) is 5.10 Å². The van der Waals surface area contributed by atoms with Crippen molar-refractivity contribution in [2.75, 3.05) is 4.72 Å². The first-order valence-corrected chi connectivity index (χ1v) is 6.90. The molecule has 0 saturated carbocycles.